The lowest BCUT2D eigenvalue weighted by molar-refractivity contribution is -0.126. The molecule has 1 fully saturated rings. The second kappa shape index (κ2) is 5.17. The van der Waals surface area contributed by atoms with Crippen molar-refractivity contribution in [1.82, 2.24) is 4.98 Å². The third-order valence-electron chi connectivity index (χ3n) is 3.51. The van der Waals surface area contributed by atoms with E-state index < -0.39 is 0 Å². The minimum atomic E-state index is -0.215. The van der Waals surface area contributed by atoms with Gasteiger partial charge in [0.15, 0.2) is 0 Å². The first kappa shape index (κ1) is 12.6. The van der Waals surface area contributed by atoms with Gasteiger partial charge in [-0.1, -0.05) is 26.2 Å². The number of carbonyl (C=O) groups is 1. The van der Waals surface area contributed by atoms with Gasteiger partial charge in [-0.3, -0.25) is 4.79 Å². The van der Waals surface area contributed by atoms with Gasteiger partial charge in [0.05, 0.1) is 5.69 Å². The maximum Gasteiger partial charge on any atom is 0.230 e. The lowest BCUT2D eigenvalue weighted by atomic mass is 9.75. The quantitative estimate of drug-likeness (QED) is 0.845. The standard InChI is InChI=1S/C13H17BrN2O/c1-13(7-3-2-4-8-13)12(17)16-10-6-5-9-15-11(10)14/h5-6,9H,2-4,7-8H2,1H3,(H,16,17). The van der Waals surface area contributed by atoms with E-state index in [9.17, 15) is 4.79 Å². The Labute approximate surface area is 110 Å². The van der Waals surface area contributed by atoms with Crippen LogP contribution in [0.3, 0.4) is 0 Å². The zero-order valence-electron chi connectivity index (χ0n) is 10.0. The predicted octanol–water partition coefficient (Wildman–Crippen LogP) is 3.75. The van der Waals surface area contributed by atoms with Gasteiger partial charge >= 0.3 is 0 Å². The highest BCUT2D eigenvalue weighted by atomic mass is 79.9. The molecule has 1 N–H and O–H groups in total. The summed E-state index contributed by atoms with van der Waals surface area (Å²) in [6, 6.07) is 3.69. The van der Waals surface area contributed by atoms with E-state index >= 15 is 0 Å². The van der Waals surface area contributed by atoms with Crippen LogP contribution in [0.5, 0.6) is 0 Å². The summed E-state index contributed by atoms with van der Waals surface area (Å²) in [7, 11) is 0. The molecule has 1 saturated carbocycles. The van der Waals surface area contributed by atoms with Crippen LogP contribution < -0.4 is 5.32 Å². The summed E-state index contributed by atoms with van der Waals surface area (Å²) in [5, 5.41) is 2.97. The van der Waals surface area contributed by atoms with E-state index in [0.29, 0.717) is 4.60 Å². The number of amides is 1. The van der Waals surface area contributed by atoms with Crippen molar-refractivity contribution in [3.05, 3.63) is 22.9 Å². The molecule has 1 aromatic heterocycles. The van der Waals surface area contributed by atoms with E-state index in [2.05, 4.69) is 33.2 Å². The number of hydrogen-bond acceptors (Lipinski definition) is 2. The van der Waals surface area contributed by atoms with E-state index in [1.165, 1.54) is 6.42 Å². The van der Waals surface area contributed by atoms with Crippen molar-refractivity contribution in [2.24, 2.45) is 5.41 Å². The molecule has 2 rings (SSSR count). The second-order valence-electron chi connectivity index (χ2n) is 4.92. The van der Waals surface area contributed by atoms with Gasteiger partial charge in [-0.25, -0.2) is 4.98 Å². The molecule has 1 aromatic rings. The third kappa shape index (κ3) is 2.86. The molecule has 1 aliphatic rings. The Balaban J connectivity index is 2.08. The molecule has 4 heteroatoms. The van der Waals surface area contributed by atoms with E-state index in [4.69, 9.17) is 0 Å². The second-order valence-corrected chi connectivity index (χ2v) is 5.67. The van der Waals surface area contributed by atoms with Crippen LogP contribution in [0.15, 0.2) is 22.9 Å². The normalized spacial score (nSPS) is 18.7. The van der Waals surface area contributed by atoms with Gasteiger partial charge in [0.25, 0.3) is 0 Å². The minimum absolute atomic E-state index is 0.117. The molecule has 0 saturated heterocycles. The Hall–Kier alpha value is -0.900. The first-order valence-corrected chi connectivity index (χ1v) is 6.83. The van der Waals surface area contributed by atoms with Crippen molar-refractivity contribution in [3.63, 3.8) is 0 Å². The maximum absolute atomic E-state index is 12.3. The molecule has 0 aliphatic heterocycles. The Bertz CT molecular complexity index is 414. The van der Waals surface area contributed by atoms with Crippen molar-refractivity contribution < 1.29 is 4.79 Å². The maximum atomic E-state index is 12.3. The van der Waals surface area contributed by atoms with Gasteiger partial charge in [0.2, 0.25) is 5.91 Å². The number of pyridine rings is 1. The summed E-state index contributed by atoms with van der Waals surface area (Å²) in [5.74, 6) is 0.117. The van der Waals surface area contributed by atoms with E-state index in [1.54, 1.807) is 6.20 Å². The van der Waals surface area contributed by atoms with Crippen LogP contribution in [0.1, 0.15) is 39.0 Å². The summed E-state index contributed by atoms with van der Waals surface area (Å²) >= 11 is 3.34. The van der Waals surface area contributed by atoms with Crippen molar-refractivity contribution in [2.45, 2.75) is 39.0 Å². The molecule has 0 atom stereocenters. The minimum Gasteiger partial charge on any atom is -0.323 e. The zero-order valence-corrected chi connectivity index (χ0v) is 11.6. The Morgan fingerprint density at radius 2 is 2.12 bits per heavy atom. The molecular formula is C13H17BrN2O. The van der Waals surface area contributed by atoms with Crippen molar-refractivity contribution in [2.75, 3.05) is 5.32 Å². The van der Waals surface area contributed by atoms with Crippen LogP contribution in [0.4, 0.5) is 5.69 Å². The molecule has 92 valence electrons. The number of anilines is 1. The largest absolute Gasteiger partial charge is 0.323 e. The average molecular weight is 297 g/mol. The van der Waals surface area contributed by atoms with Gasteiger partial charge in [-0.15, -0.1) is 0 Å². The van der Waals surface area contributed by atoms with Crippen LogP contribution in [0.2, 0.25) is 0 Å². The van der Waals surface area contributed by atoms with Crippen LogP contribution in [0.25, 0.3) is 0 Å². The molecule has 1 heterocycles. The number of carbonyl (C=O) groups excluding carboxylic acids is 1. The monoisotopic (exact) mass is 296 g/mol. The first-order chi connectivity index (χ1) is 8.12. The molecule has 0 aromatic carbocycles. The fourth-order valence-corrected chi connectivity index (χ4v) is 2.66. The lowest BCUT2D eigenvalue weighted by Gasteiger charge is -2.32. The zero-order chi connectivity index (χ0) is 12.3. The highest BCUT2D eigenvalue weighted by molar-refractivity contribution is 9.10. The molecule has 1 amide bonds. The molecular weight excluding hydrogens is 280 g/mol. The molecule has 0 spiro atoms. The molecule has 1 aliphatic carbocycles. The van der Waals surface area contributed by atoms with Crippen molar-refractivity contribution in [3.8, 4) is 0 Å². The van der Waals surface area contributed by atoms with E-state index in [1.807, 2.05) is 12.1 Å². The number of rotatable bonds is 2. The smallest absolute Gasteiger partial charge is 0.230 e. The Morgan fingerprint density at radius 1 is 1.41 bits per heavy atom. The summed E-state index contributed by atoms with van der Waals surface area (Å²) in [4.78, 5) is 16.4. The number of hydrogen-bond donors (Lipinski definition) is 1. The highest BCUT2D eigenvalue weighted by Crippen LogP contribution is 2.37. The summed E-state index contributed by atoms with van der Waals surface area (Å²) in [6.07, 6.45) is 7.21. The summed E-state index contributed by atoms with van der Waals surface area (Å²) < 4.78 is 0.688. The van der Waals surface area contributed by atoms with E-state index in [0.717, 1.165) is 31.4 Å². The average Bonchev–Trinajstić information content (AvgIpc) is 2.33. The van der Waals surface area contributed by atoms with E-state index in [-0.39, 0.29) is 11.3 Å². The Kier molecular flexibility index (Phi) is 3.82. The fraction of sp³-hybridized carbons (Fsp3) is 0.538. The third-order valence-corrected chi connectivity index (χ3v) is 4.14. The predicted molar refractivity (Wildman–Crippen MR) is 71.8 cm³/mol. The van der Waals surface area contributed by atoms with Gasteiger partial charge in [0.1, 0.15) is 4.60 Å². The number of halogens is 1. The SMILES string of the molecule is CC1(C(=O)Nc2cccnc2Br)CCCCC1. The molecule has 3 nitrogen and oxygen atoms in total. The first-order valence-electron chi connectivity index (χ1n) is 6.04. The van der Waals surface area contributed by atoms with Crippen molar-refractivity contribution in [1.29, 1.82) is 0 Å². The fourth-order valence-electron chi connectivity index (χ4n) is 2.31. The van der Waals surface area contributed by atoms with Gasteiger partial charge in [0, 0.05) is 11.6 Å². The highest BCUT2D eigenvalue weighted by Gasteiger charge is 2.34. The number of aromatic nitrogens is 1. The Morgan fingerprint density at radius 3 is 2.76 bits per heavy atom. The van der Waals surface area contributed by atoms with Crippen LogP contribution >= 0.6 is 15.9 Å². The van der Waals surface area contributed by atoms with Crippen LogP contribution in [-0.4, -0.2) is 10.9 Å². The number of nitrogens with zero attached hydrogens (tertiary/aromatic N) is 1. The van der Waals surface area contributed by atoms with Gasteiger partial charge in [-0.2, -0.15) is 0 Å². The lowest BCUT2D eigenvalue weighted by Crippen LogP contribution is -2.35. The van der Waals surface area contributed by atoms with Crippen molar-refractivity contribution >= 4 is 27.5 Å². The van der Waals surface area contributed by atoms with Crippen LogP contribution in [-0.2, 0) is 4.79 Å². The van der Waals surface area contributed by atoms with Gasteiger partial charge < -0.3 is 5.32 Å². The molecule has 0 bridgehead atoms. The molecule has 0 unspecified atom stereocenters. The summed E-state index contributed by atoms with van der Waals surface area (Å²) in [6.45, 7) is 2.06. The van der Waals surface area contributed by atoms with Crippen LogP contribution in [0, 0.1) is 5.41 Å². The number of nitrogens with one attached hydrogen (secondary N) is 1. The topological polar surface area (TPSA) is 42.0 Å². The molecule has 17 heavy (non-hydrogen) atoms. The van der Waals surface area contributed by atoms with Gasteiger partial charge in [-0.05, 0) is 40.9 Å². The molecule has 0 radical (unpaired) electrons. The summed E-state index contributed by atoms with van der Waals surface area (Å²) in [5.41, 5.74) is 0.539.